The topological polar surface area (TPSA) is 83.3 Å². The second kappa shape index (κ2) is 8.60. The van der Waals surface area contributed by atoms with E-state index < -0.39 is 0 Å². The van der Waals surface area contributed by atoms with Crippen molar-refractivity contribution >= 4 is 11.6 Å². The third-order valence-electron chi connectivity index (χ3n) is 4.52. The van der Waals surface area contributed by atoms with E-state index in [2.05, 4.69) is 38.8 Å². The van der Waals surface area contributed by atoms with Crippen LogP contribution in [0.25, 0.3) is 0 Å². The Hall–Kier alpha value is -2.44. The molecule has 132 valence electrons. The molecule has 0 unspecified atom stereocenters. The first kappa shape index (κ1) is 17.4. The number of nitrogens with two attached hydrogens (primary N) is 1. The van der Waals surface area contributed by atoms with Crippen molar-refractivity contribution in [3.63, 3.8) is 0 Å². The van der Waals surface area contributed by atoms with E-state index in [1.165, 1.54) is 11.3 Å². The fourth-order valence-corrected chi connectivity index (χ4v) is 3.14. The number of hydrazine groups is 1. The van der Waals surface area contributed by atoms with Gasteiger partial charge in [0, 0.05) is 32.4 Å². The summed E-state index contributed by atoms with van der Waals surface area (Å²) in [6.45, 7) is 4.09. The minimum atomic E-state index is -0.179. The van der Waals surface area contributed by atoms with Crippen molar-refractivity contribution in [2.45, 2.75) is 19.3 Å². The Morgan fingerprint density at radius 2 is 1.84 bits per heavy atom. The molecule has 4 N–H and O–H groups in total. The number of rotatable bonds is 6. The van der Waals surface area contributed by atoms with E-state index in [0.717, 1.165) is 50.3 Å². The highest BCUT2D eigenvalue weighted by Crippen LogP contribution is 2.20. The molecule has 1 aromatic carbocycles. The maximum Gasteiger partial charge on any atom is 0.238 e. The Labute approximate surface area is 148 Å². The molecule has 0 saturated carbocycles. The molecule has 0 atom stereocenters. The number of aryl methyl sites for hydroxylation is 2. The minimum absolute atomic E-state index is 0.179. The molecule has 0 bridgehead atoms. The molecule has 1 aromatic heterocycles. The number of benzene rings is 1. The van der Waals surface area contributed by atoms with Gasteiger partial charge in [-0.05, 0) is 36.1 Å². The number of hydrogen-bond acceptors (Lipinski definition) is 5. The van der Waals surface area contributed by atoms with E-state index in [1.807, 2.05) is 24.4 Å². The van der Waals surface area contributed by atoms with Crippen LogP contribution in [0.3, 0.4) is 0 Å². The quantitative estimate of drug-likeness (QED) is 0.412. The van der Waals surface area contributed by atoms with Crippen LogP contribution in [0.4, 0.5) is 5.69 Å². The van der Waals surface area contributed by atoms with Crippen LogP contribution in [-0.4, -0.2) is 37.1 Å². The van der Waals surface area contributed by atoms with Crippen LogP contribution in [0.1, 0.15) is 16.8 Å². The number of carbonyl (C=O) groups is 1. The fourth-order valence-electron chi connectivity index (χ4n) is 3.14. The number of piperazine rings is 1. The van der Waals surface area contributed by atoms with Crippen molar-refractivity contribution in [3.8, 4) is 0 Å². The van der Waals surface area contributed by atoms with Gasteiger partial charge >= 0.3 is 0 Å². The molecule has 6 nitrogen and oxygen atoms in total. The van der Waals surface area contributed by atoms with E-state index in [9.17, 15) is 4.79 Å². The SMILES string of the molecule is NNC(=O)Cc1ccc(CCc2ncccc2N2CCNCC2)cc1. The predicted octanol–water partition coefficient (Wildman–Crippen LogP) is 0.809. The monoisotopic (exact) mass is 339 g/mol. The Morgan fingerprint density at radius 1 is 1.12 bits per heavy atom. The standard InChI is InChI=1S/C19H25N5O/c20-23-19(25)14-16-5-3-15(4-6-16)7-8-17-18(2-1-9-22-17)24-12-10-21-11-13-24/h1-6,9,21H,7-8,10-14,20H2,(H,23,25). The lowest BCUT2D eigenvalue weighted by atomic mass is 10.0. The predicted molar refractivity (Wildman–Crippen MR) is 99.2 cm³/mol. The lowest BCUT2D eigenvalue weighted by Gasteiger charge is -2.30. The average Bonchev–Trinajstić information content (AvgIpc) is 2.68. The highest BCUT2D eigenvalue weighted by Gasteiger charge is 2.14. The van der Waals surface area contributed by atoms with E-state index in [1.54, 1.807) is 0 Å². The second-order valence-electron chi connectivity index (χ2n) is 6.27. The Morgan fingerprint density at radius 3 is 2.56 bits per heavy atom. The Bertz CT molecular complexity index is 695. The summed E-state index contributed by atoms with van der Waals surface area (Å²) in [6.07, 6.45) is 4.02. The molecular weight excluding hydrogens is 314 g/mol. The van der Waals surface area contributed by atoms with E-state index in [4.69, 9.17) is 5.84 Å². The largest absolute Gasteiger partial charge is 0.368 e. The molecule has 25 heavy (non-hydrogen) atoms. The summed E-state index contributed by atoms with van der Waals surface area (Å²) in [5.41, 5.74) is 6.76. The lowest BCUT2D eigenvalue weighted by molar-refractivity contribution is -0.120. The first-order valence-electron chi connectivity index (χ1n) is 8.73. The third-order valence-corrected chi connectivity index (χ3v) is 4.52. The molecule has 1 fully saturated rings. The molecule has 0 aliphatic carbocycles. The highest BCUT2D eigenvalue weighted by atomic mass is 16.2. The van der Waals surface area contributed by atoms with Crippen LogP contribution in [0.2, 0.25) is 0 Å². The van der Waals surface area contributed by atoms with Crippen molar-refractivity contribution in [1.82, 2.24) is 15.7 Å². The highest BCUT2D eigenvalue weighted by molar-refractivity contribution is 5.77. The van der Waals surface area contributed by atoms with Crippen LogP contribution in [-0.2, 0) is 24.1 Å². The third kappa shape index (κ3) is 4.78. The summed E-state index contributed by atoms with van der Waals surface area (Å²) in [4.78, 5) is 18.3. The van der Waals surface area contributed by atoms with Crippen LogP contribution in [0.5, 0.6) is 0 Å². The summed E-state index contributed by atoms with van der Waals surface area (Å²) in [6, 6.07) is 12.3. The normalized spacial score (nSPS) is 14.4. The molecule has 2 heterocycles. The van der Waals surface area contributed by atoms with Crippen molar-refractivity contribution < 1.29 is 4.79 Å². The zero-order valence-electron chi connectivity index (χ0n) is 14.4. The second-order valence-corrected chi connectivity index (χ2v) is 6.27. The van der Waals surface area contributed by atoms with Gasteiger partial charge in [0.15, 0.2) is 0 Å². The Balaban J connectivity index is 1.62. The van der Waals surface area contributed by atoms with E-state index in [0.29, 0.717) is 6.42 Å². The van der Waals surface area contributed by atoms with Crippen LogP contribution in [0.15, 0.2) is 42.6 Å². The average molecular weight is 339 g/mol. The first-order valence-corrected chi connectivity index (χ1v) is 8.73. The van der Waals surface area contributed by atoms with Gasteiger partial charge in [-0.25, -0.2) is 5.84 Å². The van der Waals surface area contributed by atoms with Gasteiger partial charge in [0.05, 0.1) is 17.8 Å². The van der Waals surface area contributed by atoms with Crippen LogP contribution < -0.4 is 21.5 Å². The summed E-state index contributed by atoms with van der Waals surface area (Å²) < 4.78 is 0. The molecule has 6 heteroatoms. The van der Waals surface area contributed by atoms with Crippen LogP contribution in [0, 0.1) is 0 Å². The van der Waals surface area contributed by atoms with Gasteiger partial charge in [0.25, 0.3) is 0 Å². The molecule has 1 aliphatic heterocycles. The zero-order valence-corrected chi connectivity index (χ0v) is 14.4. The maximum atomic E-state index is 11.3. The smallest absolute Gasteiger partial charge is 0.238 e. The summed E-state index contributed by atoms with van der Waals surface area (Å²) in [5, 5.41) is 3.39. The van der Waals surface area contributed by atoms with Gasteiger partial charge in [-0.15, -0.1) is 0 Å². The van der Waals surface area contributed by atoms with Crippen molar-refractivity contribution in [3.05, 3.63) is 59.4 Å². The number of pyridine rings is 1. The number of carbonyl (C=O) groups excluding carboxylic acids is 1. The summed E-state index contributed by atoms with van der Waals surface area (Å²) in [7, 11) is 0. The lowest BCUT2D eigenvalue weighted by Crippen LogP contribution is -2.44. The molecule has 0 spiro atoms. The number of anilines is 1. The molecule has 2 aromatic rings. The number of amides is 1. The van der Waals surface area contributed by atoms with Gasteiger partial charge in [0.2, 0.25) is 5.91 Å². The van der Waals surface area contributed by atoms with Gasteiger partial charge in [-0.3, -0.25) is 15.2 Å². The zero-order chi connectivity index (χ0) is 17.5. The first-order chi connectivity index (χ1) is 12.3. The summed E-state index contributed by atoms with van der Waals surface area (Å²) >= 11 is 0. The maximum absolute atomic E-state index is 11.3. The van der Waals surface area contributed by atoms with Gasteiger partial charge in [-0.2, -0.15) is 0 Å². The Kier molecular flexibility index (Phi) is 5.98. The van der Waals surface area contributed by atoms with Crippen molar-refractivity contribution in [2.24, 2.45) is 5.84 Å². The van der Waals surface area contributed by atoms with E-state index in [-0.39, 0.29) is 5.91 Å². The minimum Gasteiger partial charge on any atom is -0.368 e. The van der Waals surface area contributed by atoms with Crippen LogP contribution >= 0.6 is 0 Å². The van der Waals surface area contributed by atoms with Gasteiger partial charge < -0.3 is 10.2 Å². The molecule has 0 radical (unpaired) electrons. The van der Waals surface area contributed by atoms with Gasteiger partial charge in [-0.1, -0.05) is 24.3 Å². The number of hydrogen-bond donors (Lipinski definition) is 3. The van der Waals surface area contributed by atoms with Crippen molar-refractivity contribution in [1.29, 1.82) is 0 Å². The number of aromatic nitrogens is 1. The van der Waals surface area contributed by atoms with E-state index >= 15 is 0 Å². The molecular formula is C19H25N5O. The fraction of sp³-hybridized carbons (Fsp3) is 0.368. The summed E-state index contributed by atoms with van der Waals surface area (Å²) in [5.74, 6) is 4.94. The molecule has 1 saturated heterocycles. The molecule has 1 amide bonds. The van der Waals surface area contributed by atoms with Crippen molar-refractivity contribution in [2.75, 3.05) is 31.1 Å². The van der Waals surface area contributed by atoms with Gasteiger partial charge in [0.1, 0.15) is 0 Å². The molecule has 1 aliphatic rings. The number of nitrogens with zero attached hydrogens (tertiary/aromatic N) is 2. The molecule has 3 rings (SSSR count). The number of nitrogens with one attached hydrogen (secondary N) is 2.